The van der Waals surface area contributed by atoms with Gasteiger partial charge in [0.15, 0.2) is 0 Å². The van der Waals surface area contributed by atoms with Crippen LogP contribution in [0.1, 0.15) is 11.3 Å². The molecule has 0 aromatic carbocycles. The van der Waals surface area contributed by atoms with Crippen molar-refractivity contribution >= 4 is 0 Å². The van der Waals surface area contributed by atoms with E-state index >= 15 is 0 Å². The molecule has 0 spiro atoms. The average molecular weight is 206 g/mol. The lowest BCUT2D eigenvalue weighted by Crippen LogP contribution is -1.99. The number of halogens is 1. The Kier molecular flexibility index (Phi) is 2.73. The minimum atomic E-state index is -0.327. The molecule has 2 N–H and O–H groups in total. The summed E-state index contributed by atoms with van der Waals surface area (Å²) in [5.41, 5.74) is 7.05. The first-order chi connectivity index (χ1) is 7.28. The molecule has 0 amide bonds. The summed E-state index contributed by atoms with van der Waals surface area (Å²) in [7, 11) is 0. The molecule has 4 nitrogen and oxygen atoms in total. The fourth-order valence-electron chi connectivity index (χ4n) is 1.35. The van der Waals surface area contributed by atoms with Gasteiger partial charge in [-0.25, -0.2) is 9.37 Å². The zero-order chi connectivity index (χ0) is 10.7. The summed E-state index contributed by atoms with van der Waals surface area (Å²) >= 11 is 0. The Bertz CT molecular complexity index is 452. The van der Waals surface area contributed by atoms with Crippen LogP contribution in [0.15, 0.2) is 31.0 Å². The van der Waals surface area contributed by atoms with Crippen LogP contribution in [0.4, 0.5) is 4.39 Å². The molecule has 0 fully saturated rings. The van der Waals surface area contributed by atoms with Crippen LogP contribution in [-0.2, 0) is 13.1 Å². The highest BCUT2D eigenvalue weighted by atomic mass is 19.1. The predicted molar refractivity (Wildman–Crippen MR) is 53.4 cm³/mol. The molecule has 15 heavy (non-hydrogen) atoms. The van der Waals surface area contributed by atoms with E-state index in [2.05, 4.69) is 9.97 Å². The highest BCUT2D eigenvalue weighted by Gasteiger charge is 1.99. The van der Waals surface area contributed by atoms with E-state index in [4.69, 9.17) is 5.73 Å². The van der Waals surface area contributed by atoms with Crippen molar-refractivity contribution in [1.29, 1.82) is 0 Å². The lowest BCUT2D eigenvalue weighted by molar-refractivity contribution is 0.616. The van der Waals surface area contributed by atoms with Crippen molar-refractivity contribution in [1.82, 2.24) is 14.5 Å². The number of hydrogen-bond acceptors (Lipinski definition) is 3. The molecule has 0 saturated heterocycles. The molecule has 5 heteroatoms. The number of aromatic nitrogens is 3. The summed E-state index contributed by atoms with van der Waals surface area (Å²) in [6.45, 7) is 0.964. The topological polar surface area (TPSA) is 56.7 Å². The van der Waals surface area contributed by atoms with Crippen molar-refractivity contribution in [2.24, 2.45) is 5.73 Å². The van der Waals surface area contributed by atoms with Crippen LogP contribution in [0, 0.1) is 5.82 Å². The van der Waals surface area contributed by atoms with Crippen molar-refractivity contribution in [3.8, 4) is 0 Å². The fraction of sp³-hybridized carbons (Fsp3) is 0.200. The third-order valence-corrected chi connectivity index (χ3v) is 2.02. The molecule has 2 aromatic heterocycles. The van der Waals surface area contributed by atoms with Gasteiger partial charge in [-0.3, -0.25) is 4.98 Å². The van der Waals surface area contributed by atoms with Gasteiger partial charge in [-0.2, -0.15) is 0 Å². The summed E-state index contributed by atoms with van der Waals surface area (Å²) in [5, 5.41) is 0. The van der Waals surface area contributed by atoms with Crippen LogP contribution in [0.25, 0.3) is 0 Å². The van der Waals surface area contributed by atoms with E-state index in [0.717, 1.165) is 11.3 Å². The molecular weight excluding hydrogens is 195 g/mol. The third-order valence-electron chi connectivity index (χ3n) is 2.02. The Balaban J connectivity index is 2.14. The van der Waals surface area contributed by atoms with Crippen molar-refractivity contribution in [2.45, 2.75) is 13.1 Å². The third kappa shape index (κ3) is 2.38. The Morgan fingerprint density at radius 2 is 2.27 bits per heavy atom. The lowest BCUT2D eigenvalue weighted by atomic mass is 10.3. The van der Waals surface area contributed by atoms with E-state index in [-0.39, 0.29) is 5.82 Å². The molecule has 0 unspecified atom stereocenters. The molecule has 0 bridgehead atoms. The smallest absolute Gasteiger partial charge is 0.141 e. The first kappa shape index (κ1) is 9.79. The molecule has 0 saturated carbocycles. The van der Waals surface area contributed by atoms with E-state index in [1.165, 1.54) is 12.3 Å². The number of nitrogens with zero attached hydrogens (tertiary/aromatic N) is 3. The van der Waals surface area contributed by atoms with Crippen molar-refractivity contribution in [2.75, 3.05) is 0 Å². The standard InChI is InChI=1S/C10H11FN4/c11-9-1-8(3-13-4-9)5-15-6-10(2-12)14-7-15/h1,3-4,6-7H,2,5,12H2. The van der Waals surface area contributed by atoms with Gasteiger partial charge in [0.25, 0.3) is 0 Å². The van der Waals surface area contributed by atoms with Gasteiger partial charge in [-0.15, -0.1) is 0 Å². The fourth-order valence-corrected chi connectivity index (χ4v) is 1.35. The van der Waals surface area contributed by atoms with Crippen LogP contribution in [-0.4, -0.2) is 14.5 Å². The second-order valence-corrected chi connectivity index (χ2v) is 3.25. The van der Waals surface area contributed by atoms with Crippen molar-refractivity contribution in [3.63, 3.8) is 0 Å². The monoisotopic (exact) mass is 206 g/mol. The zero-order valence-electron chi connectivity index (χ0n) is 8.10. The second-order valence-electron chi connectivity index (χ2n) is 3.25. The van der Waals surface area contributed by atoms with Crippen LogP contribution < -0.4 is 5.73 Å². The molecule has 2 aromatic rings. The maximum Gasteiger partial charge on any atom is 0.141 e. The van der Waals surface area contributed by atoms with Gasteiger partial charge >= 0.3 is 0 Å². The lowest BCUT2D eigenvalue weighted by Gasteiger charge is -2.01. The first-order valence-corrected chi connectivity index (χ1v) is 4.58. The summed E-state index contributed by atoms with van der Waals surface area (Å²) in [6, 6.07) is 1.45. The summed E-state index contributed by atoms with van der Waals surface area (Å²) < 4.78 is 14.7. The summed E-state index contributed by atoms with van der Waals surface area (Å²) in [4.78, 5) is 7.85. The van der Waals surface area contributed by atoms with Crippen LogP contribution in [0.5, 0.6) is 0 Å². The van der Waals surface area contributed by atoms with Crippen LogP contribution >= 0.6 is 0 Å². The highest BCUT2D eigenvalue weighted by molar-refractivity contribution is 5.11. The first-order valence-electron chi connectivity index (χ1n) is 4.58. The van der Waals surface area contributed by atoms with Gasteiger partial charge in [0.2, 0.25) is 0 Å². The van der Waals surface area contributed by atoms with E-state index in [0.29, 0.717) is 13.1 Å². The number of nitrogens with two attached hydrogens (primary N) is 1. The Morgan fingerprint density at radius 3 is 2.93 bits per heavy atom. The largest absolute Gasteiger partial charge is 0.333 e. The number of rotatable bonds is 3. The number of imidazole rings is 1. The van der Waals surface area contributed by atoms with E-state index in [1.54, 1.807) is 12.5 Å². The summed E-state index contributed by atoms with van der Waals surface area (Å²) in [6.07, 6.45) is 6.33. The molecule has 2 rings (SSSR count). The van der Waals surface area contributed by atoms with Gasteiger partial charge in [-0.05, 0) is 11.6 Å². The second kappa shape index (κ2) is 4.18. The van der Waals surface area contributed by atoms with E-state index in [1.807, 2.05) is 10.8 Å². The Labute approximate surface area is 86.6 Å². The molecule has 2 heterocycles. The van der Waals surface area contributed by atoms with Gasteiger partial charge < -0.3 is 10.3 Å². The molecule has 0 aliphatic heterocycles. The molecule has 0 aliphatic carbocycles. The Hall–Kier alpha value is -1.75. The molecular formula is C10H11FN4. The normalized spacial score (nSPS) is 10.5. The maximum absolute atomic E-state index is 12.8. The van der Waals surface area contributed by atoms with Crippen LogP contribution in [0.3, 0.4) is 0 Å². The van der Waals surface area contributed by atoms with Crippen molar-refractivity contribution < 1.29 is 4.39 Å². The Morgan fingerprint density at radius 1 is 1.40 bits per heavy atom. The van der Waals surface area contributed by atoms with Gasteiger partial charge in [0, 0.05) is 18.9 Å². The number of hydrogen-bond donors (Lipinski definition) is 1. The van der Waals surface area contributed by atoms with Gasteiger partial charge in [0.05, 0.1) is 24.8 Å². The summed E-state index contributed by atoms with van der Waals surface area (Å²) in [5.74, 6) is -0.327. The molecule has 0 aliphatic rings. The van der Waals surface area contributed by atoms with E-state index in [9.17, 15) is 4.39 Å². The van der Waals surface area contributed by atoms with Gasteiger partial charge in [0.1, 0.15) is 5.82 Å². The molecule has 0 atom stereocenters. The van der Waals surface area contributed by atoms with Crippen molar-refractivity contribution in [3.05, 3.63) is 48.1 Å². The quantitative estimate of drug-likeness (QED) is 0.812. The minimum absolute atomic E-state index is 0.327. The maximum atomic E-state index is 12.8. The predicted octanol–water partition coefficient (Wildman–Crippen LogP) is 0.924. The van der Waals surface area contributed by atoms with Crippen LogP contribution in [0.2, 0.25) is 0 Å². The zero-order valence-corrected chi connectivity index (χ0v) is 8.10. The molecule has 0 radical (unpaired) electrons. The molecule has 78 valence electrons. The van der Waals surface area contributed by atoms with E-state index < -0.39 is 0 Å². The average Bonchev–Trinajstić information content (AvgIpc) is 2.65. The highest BCUT2D eigenvalue weighted by Crippen LogP contribution is 2.04. The number of pyridine rings is 1. The van der Waals surface area contributed by atoms with Gasteiger partial charge in [-0.1, -0.05) is 0 Å². The SMILES string of the molecule is NCc1cn(Cc2cncc(F)c2)cn1. The minimum Gasteiger partial charge on any atom is -0.333 e.